The largest absolute Gasteiger partial charge is 0.352 e. The number of carbonyl (C=O) groups is 1. The second kappa shape index (κ2) is 7.05. The van der Waals surface area contributed by atoms with Crippen LogP contribution in [-0.4, -0.2) is 28.5 Å². The molecule has 4 N–H and O–H groups in total. The molecule has 2 heterocycles. The molecule has 2 aromatic heterocycles. The van der Waals surface area contributed by atoms with Crippen LogP contribution in [0.25, 0.3) is 11.0 Å². The SMILES string of the molecule is CCCCC(CN)NC(=O)Cc1c[nH]c2ncccc12. The van der Waals surface area contributed by atoms with Gasteiger partial charge < -0.3 is 16.0 Å². The number of nitrogens with zero attached hydrogens (tertiary/aromatic N) is 1. The molecule has 0 saturated carbocycles. The van der Waals surface area contributed by atoms with Crippen LogP contribution in [0, 0.1) is 0 Å². The fourth-order valence-electron chi connectivity index (χ4n) is 2.31. The predicted molar refractivity (Wildman–Crippen MR) is 80.3 cm³/mol. The van der Waals surface area contributed by atoms with E-state index in [0.717, 1.165) is 35.9 Å². The average molecular weight is 274 g/mol. The number of aromatic nitrogens is 2. The number of H-pyrrole nitrogens is 1. The lowest BCUT2D eigenvalue weighted by Gasteiger charge is -2.16. The monoisotopic (exact) mass is 274 g/mol. The van der Waals surface area contributed by atoms with Gasteiger partial charge in [-0.15, -0.1) is 0 Å². The number of aromatic amines is 1. The van der Waals surface area contributed by atoms with E-state index in [1.807, 2.05) is 18.3 Å². The van der Waals surface area contributed by atoms with Crippen molar-refractivity contribution in [1.29, 1.82) is 0 Å². The Labute approximate surface area is 119 Å². The van der Waals surface area contributed by atoms with Crippen molar-refractivity contribution in [1.82, 2.24) is 15.3 Å². The zero-order valence-corrected chi connectivity index (χ0v) is 11.9. The predicted octanol–water partition coefficient (Wildman–Crippen LogP) is 1.74. The minimum atomic E-state index is 0.0151. The molecule has 5 nitrogen and oxygen atoms in total. The van der Waals surface area contributed by atoms with Gasteiger partial charge in [0.15, 0.2) is 0 Å². The smallest absolute Gasteiger partial charge is 0.224 e. The van der Waals surface area contributed by atoms with E-state index in [1.165, 1.54) is 0 Å². The highest BCUT2D eigenvalue weighted by atomic mass is 16.1. The molecule has 5 heteroatoms. The van der Waals surface area contributed by atoms with Crippen LogP contribution in [0.15, 0.2) is 24.5 Å². The number of pyridine rings is 1. The molecular formula is C15H22N4O. The first-order valence-electron chi connectivity index (χ1n) is 7.15. The minimum Gasteiger partial charge on any atom is -0.352 e. The Morgan fingerprint density at radius 3 is 3.15 bits per heavy atom. The molecule has 108 valence electrons. The molecule has 1 amide bonds. The molecule has 0 aromatic carbocycles. The van der Waals surface area contributed by atoms with Crippen LogP contribution in [0.3, 0.4) is 0 Å². The molecule has 0 spiro atoms. The van der Waals surface area contributed by atoms with Crippen LogP contribution in [-0.2, 0) is 11.2 Å². The van der Waals surface area contributed by atoms with Crippen molar-refractivity contribution in [2.45, 2.75) is 38.6 Å². The maximum atomic E-state index is 12.1. The maximum absolute atomic E-state index is 12.1. The summed E-state index contributed by atoms with van der Waals surface area (Å²) in [5, 5.41) is 4.01. The zero-order valence-electron chi connectivity index (χ0n) is 11.9. The number of nitrogens with two attached hydrogens (primary N) is 1. The van der Waals surface area contributed by atoms with E-state index in [1.54, 1.807) is 6.20 Å². The van der Waals surface area contributed by atoms with E-state index < -0.39 is 0 Å². The molecule has 0 aliphatic carbocycles. The highest BCUT2D eigenvalue weighted by molar-refractivity contribution is 5.87. The third-order valence-electron chi connectivity index (χ3n) is 3.44. The molecule has 0 aliphatic rings. The second-order valence-electron chi connectivity index (χ2n) is 5.03. The summed E-state index contributed by atoms with van der Waals surface area (Å²) >= 11 is 0. The Hall–Kier alpha value is -1.88. The van der Waals surface area contributed by atoms with E-state index in [-0.39, 0.29) is 11.9 Å². The standard InChI is InChI=1S/C15H22N4O/c1-2-3-5-12(9-16)19-14(20)8-11-10-18-15-13(11)6-4-7-17-15/h4,6-7,10,12H,2-3,5,8-9,16H2,1H3,(H,17,18)(H,19,20). The number of unbranched alkanes of at least 4 members (excludes halogenated alkanes) is 1. The van der Waals surface area contributed by atoms with Crippen molar-refractivity contribution in [2.24, 2.45) is 5.73 Å². The van der Waals surface area contributed by atoms with Crippen molar-refractivity contribution in [2.75, 3.05) is 6.54 Å². The average Bonchev–Trinajstić information content (AvgIpc) is 2.87. The molecule has 0 fully saturated rings. The second-order valence-corrected chi connectivity index (χ2v) is 5.03. The van der Waals surface area contributed by atoms with Gasteiger partial charge in [0.05, 0.1) is 6.42 Å². The molecule has 2 aromatic rings. The van der Waals surface area contributed by atoms with Crippen molar-refractivity contribution >= 4 is 16.9 Å². The number of carbonyl (C=O) groups excluding carboxylic acids is 1. The Bertz CT molecular complexity index is 564. The van der Waals surface area contributed by atoms with Gasteiger partial charge >= 0.3 is 0 Å². The molecule has 2 rings (SSSR count). The maximum Gasteiger partial charge on any atom is 0.224 e. The Morgan fingerprint density at radius 2 is 2.40 bits per heavy atom. The van der Waals surface area contributed by atoms with Gasteiger partial charge in [-0.25, -0.2) is 4.98 Å². The highest BCUT2D eigenvalue weighted by Crippen LogP contribution is 2.16. The molecule has 0 aliphatic heterocycles. The number of rotatable bonds is 7. The van der Waals surface area contributed by atoms with Gasteiger partial charge in [0.2, 0.25) is 5.91 Å². The fraction of sp³-hybridized carbons (Fsp3) is 0.467. The van der Waals surface area contributed by atoms with E-state index in [4.69, 9.17) is 5.73 Å². The van der Waals surface area contributed by atoms with Crippen LogP contribution >= 0.6 is 0 Å². The Balaban J connectivity index is 1.97. The zero-order chi connectivity index (χ0) is 14.4. The van der Waals surface area contributed by atoms with Gasteiger partial charge in [0.25, 0.3) is 0 Å². The molecule has 0 saturated heterocycles. The number of hydrogen-bond donors (Lipinski definition) is 3. The van der Waals surface area contributed by atoms with Crippen LogP contribution in [0.1, 0.15) is 31.7 Å². The van der Waals surface area contributed by atoms with Gasteiger partial charge in [-0.3, -0.25) is 4.79 Å². The number of amides is 1. The molecule has 1 unspecified atom stereocenters. The topological polar surface area (TPSA) is 83.8 Å². The lowest BCUT2D eigenvalue weighted by Crippen LogP contribution is -2.40. The van der Waals surface area contributed by atoms with Gasteiger partial charge in [-0.05, 0) is 24.1 Å². The summed E-state index contributed by atoms with van der Waals surface area (Å²) in [6.07, 6.45) is 7.07. The lowest BCUT2D eigenvalue weighted by molar-refractivity contribution is -0.121. The molecule has 0 bridgehead atoms. The summed E-state index contributed by atoms with van der Waals surface area (Å²) in [5.41, 5.74) is 7.48. The first kappa shape index (κ1) is 14.5. The number of hydrogen-bond acceptors (Lipinski definition) is 3. The summed E-state index contributed by atoms with van der Waals surface area (Å²) in [5.74, 6) is 0.0151. The highest BCUT2D eigenvalue weighted by Gasteiger charge is 2.13. The summed E-state index contributed by atoms with van der Waals surface area (Å²) in [4.78, 5) is 19.4. The van der Waals surface area contributed by atoms with Crippen LogP contribution in [0.5, 0.6) is 0 Å². The summed E-state index contributed by atoms with van der Waals surface area (Å²) in [6, 6.07) is 3.92. The molecular weight excluding hydrogens is 252 g/mol. The molecule has 0 radical (unpaired) electrons. The third kappa shape index (κ3) is 3.57. The van der Waals surface area contributed by atoms with Crippen LogP contribution in [0.4, 0.5) is 0 Å². The van der Waals surface area contributed by atoms with Crippen molar-refractivity contribution in [3.63, 3.8) is 0 Å². The Morgan fingerprint density at radius 1 is 1.55 bits per heavy atom. The summed E-state index contributed by atoms with van der Waals surface area (Å²) in [7, 11) is 0. The van der Waals surface area contributed by atoms with E-state index in [2.05, 4.69) is 22.2 Å². The van der Waals surface area contributed by atoms with Crippen molar-refractivity contribution in [3.8, 4) is 0 Å². The van der Waals surface area contributed by atoms with Crippen molar-refractivity contribution < 1.29 is 4.79 Å². The van der Waals surface area contributed by atoms with Crippen molar-refractivity contribution in [3.05, 3.63) is 30.1 Å². The number of nitrogens with one attached hydrogen (secondary N) is 2. The fourth-order valence-corrected chi connectivity index (χ4v) is 2.31. The van der Waals surface area contributed by atoms with E-state index >= 15 is 0 Å². The van der Waals surface area contributed by atoms with Crippen LogP contribution < -0.4 is 11.1 Å². The lowest BCUT2D eigenvalue weighted by atomic mass is 10.1. The summed E-state index contributed by atoms with van der Waals surface area (Å²) < 4.78 is 0. The van der Waals surface area contributed by atoms with Gasteiger partial charge in [0.1, 0.15) is 5.65 Å². The number of fused-ring (bicyclic) bond motifs is 1. The first-order valence-corrected chi connectivity index (χ1v) is 7.15. The van der Waals surface area contributed by atoms with E-state index in [0.29, 0.717) is 13.0 Å². The van der Waals surface area contributed by atoms with Gasteiger partial charge in [-0.2, -0.15) is 0 Å². The summed E-state index contributed by atoms with van der Waals surface area (Å²) in [6.45, 7) is 2.62. The molecule has 20 heavy (non-hydrogen) atoms. The van der Waals surface area contributed by atoms with Gasteiger partial charge in [-0.1, -0.05) is 19.8 Å². The molecule has 1 atom stereocenters. The van der Waals surface area contributed by atoms with E-state index in [9.17, 15) is 4.79 Å². The third-order valence-corrected chi connectivity index (χ3v) is 3.44. The minimum absolute atomic E-state index is 0.0151. The van der Waals surface area contributed by atoms with Gasteiger partial charge in [0, 0.05) is 30.4 Å². The normalized spacial score (nSPS) is 12.5. The quantitative estimate of drug-likeness (QED) is 0.719. The Kier molecular flexibility index (Phi) is 5.12. The van der Waals surface area contributed by atoms with Crippen LogP contribution in [0.2, 0.25) is 0 Å². The first-order chi connectivity index (χ1) is 9.74.